The third-order valence-corrected chi connectivity index (χ3v) is 4.24. The molecular formula is C12H15NO3S. The summed E-state index contributed by atoms with van der Waals surface area (Å²) in [6.07, 6.45) is 0.568. The molecule has 1 fully saturated rings. The summed E-state index contributed by atoms with van der Waals surface area (Å²) < 4.78 is 0. The van der Waals surface area contributed by atoms with E-state index in [1.54, 1.807) is 16.2 Å². The second-order valence-corrected chi connectivity index (χ2v) is 5.32. The lowest BCUT2D eigenvalue weighted by Crippen LogP contribution is -2.32. The summed E-state index contributed by atoms with van der Waals surface area (Å²) in [6.45, 7) is 2.79. The maximum Gasteiger partial charge on any atom is 0.308 e. The van der Waals surface area contributed by atoms with E-state index in [1.165, 1.54) is 0 Å². The van der Waals surface area contributed by atoms with Crippen LogP contribution < -0.4 is 0 Å². The van der Waals surface area contributed by atoms with Gasteiger partial charge in [-0.3, -0.25) is 9.59 Å². The van der Waals surface area contributed by atoms with Gasteiger partial charge in [-0.2, -0.15) is 0 Å². The number of hydrogen-bond acceptors (Lipinski definition) is 3. The molecule has 4 nitrogen and oxygen atoms in total. The molecule has 0 spiro atoms. The van der Waals surface area contributed by atoms with Crippen LogP contribution in [0.15, 0.2) is 17.5 Å². The zero-order valence-corrected chi connectivity index (χ0v) is 10.4. The minimum atomic E-state index is -0.802. The van der Waals surface area contributed by atoms with Crippen molar-refractivity contribution in [3.8, 4) is 0 Å². The van der Waals surface area contributed by atoms with Crippen molar-refractivity contribution in [2.24, 2.45) is 5.92 Å². The van der Waals surface area contributed by atoms with E-state index < -0.39 is 11.9 Å². The van der Waals surface area contributed by atoms with Gasteiger partial charge in [-0.25, -0.2) is 0 Å². The van der Waals surface area contributed by atoms with Gasteiger partial charge in [-0.1, -0.05) is 6.07 Å². The third-order valence-electron chi connectivity index (χ3n) is 3.19. The quantitative estimate of drug-likeness (QED) is 0.893. The van der Waals surface area contributed by atoms with Crippen LogP contribution in [-0.4, -0.2) is 35.0 Å². The van der Waals surface area contributed by atoms with Gasteiger partial charge in [-0.05, 0) is 24.8 Å². The Morgan fingerprint density at radius 3 is 2.88 bits per heavy atom. The summed E-state index contributed by atoms with van der Waals surface area (Å²) in [5.74, 6) is -1.32. The monoisotopic (exact) mass is 253 g/mol. The second kappa shape index (κ2) is 4.87. The first-order valence-electron chi connectivity index (χ1n) is 5.64. The van der Waals surface area contributed by atoms with Crippen LogP contribution in [0.3, 0.4) is 0 Å². The number of hydrogen-bond donors (Lipinski definition) is 1. The Labute approximate surface area is 104 Å². The highest BCUT2D eigenvalue weighted by Crippen LogP contribution is 2.26. The standard InChI is InChI=1S/C12H15NO3S/c1-8(10-3-2-6-17-10)11(14)13-5-4-9(7-13)12(15)16/h2-3,6,8-9H,4-5,7H2,1H3,(H,15,16). The van der Waals surface area contributed by atoms with Crippen LogP contribution in [-0.2, 0) is 9.59 Å². The molecule has 0 bridgehead atoms. The Balaban J connectivity index is 2.00. The summed E-state index contributed by atoms with van der Waals surface area (Å²) in [6, 6.07) is 3.87. The smallest absolute Gasteiger partial charge is 0.308 e. The molecule has 2 heterocycles. The van der Waals surface area contributed by atoms with Crippen molar-refractivity contribution < 1.29 is 14.7 Å². The van der Waals surface area contributed by atoms with E-state index >= 15 is 0 Å². The van der Waals surface area contributed by atoms with Crippen molar-refractivity contribution in [3.63, 3.8) is 0 Å². The van der Waals surface area contributed by atoms with E-state index in [1.807, 2.05) is 24.4 Å². The van der Waals surface area contributed by atoms with Crippen molar-refractivity contribution in [1.29, 1.82) is 0 Å². The number of rotatable bonds is 3. The molecule has 1 aliphatic heterocycles. The molecule has 1 aromatic heterocycles. The minimum Gasteiger partial charge on any atom is -0.481 e. The molecule has 0 saturated carbocycles. The molecule has 0 radical (unpaired) electrons. The summed E-state index contributed by atoms with van der Waals surface area (Å²) in [4.78, 5) is 25.7. The molecule has 1 aromatic rings. The van der Waals surface area contributed by atoms with Crippen LogP contribution in [0.25, 0.3) is 0 Å². The Bertz CT molecular complexity index is 415. The molecular weight excluding hydrogens is 238 g/mol. The number of likely N-dealkylation sites (tertiary alicyclic amines) is 1. The molecule has 1 amide bonds. The summed E-state index contributed by atoms with van der Waals surface area (Å²) >= 11 is 1.56. The molecule has 1 aliphatic rings. The van der Waals surface area contributed by atoms with Crippen LogP contribution >= 0.6 is 11.3 Å². The summed E-state index contributed by atoms with van der Waals surface area (Å²) in [5.41, 5.74) is 0. The molecule has 1 N–H and O–H groups in total. The molecule has 2 unspecified atom stereocenters. The van der Waals surface area contributed by atoms with Gasteiger partial charge in [0.15, 0.2) is 0 Å². The normalized spacial score (nSPS) is 21.5. The molecule has 17 heavy (non-hydrogen) atoms. The zero-order valence-electron chi connectivity index (χ0n) is 9.63. The van der Waals surface area contributed by atoms with Crippen molar-refractivity contribution in [1.82, 2.24) is 4.90 Å². The zero-order chi connectivity index (χ0) is 12.4. The Morgan fingerprint density at radius 2 is 2.35 bits per heavy atom. The maximum absolute atomic E-state index is 12.2. The lowest BCUT2D eigenvalue weighted by atomic mass is 10.1. The third kappa shape index (κ3) is 2.49. The Hall–Kier alpha value is -1.36. The molecule has 0 aliphatic carbocycles. The first-order chi connectivity index (χ1) is 8.09. The number of aliphatic carboxylic acids is 1. The SMILES string of the molecule is CC(C(=O)N1CCC(C(=O)O)C1)c1cccs1. The highest BCUT2D eigenvalue weighted by Gasteiger charge is 2.33. The van der Waals surface area contributed by atoms with Gasteiger partial charge in [0.05, 0.1) is 11.8 Å². The summed E-state index contributed by atoms with van der Waals surface area (Å²) in [7, 11) is 0. The van der Waals surface area contributed by atoms with Gasteiger partial charge in [0.25, 0.3) is 0 Å². The van der Waals surface area contributed by atoms with Crippen molar-refractivity contribution in [2.45, 2.75) is 19.3 Å². The number of thiophene rings is 1. The lowest BCUT2D eigenvalue weighted by molar-refractivity contribution is -0.141. The van der Waals surface area contributed by atoms with Gasteiger partial charge >= 0.3 is 5.97 Å². The van der Waals surface area contributed by atoms with Crippen LogP contribution in [0.4, 0.5) is 0 Å². The van der Waals surface area contributed by atoms with Gasteiger partial charge in [-0.15, -0.1) is 11.3 Å². The summed E-state index contributed by atoms with van der Waals surface area (Å²) in [5, 5.41) is 10.8. The fourth-order valence-electron chi connectivity index (χ4n) is 2.10. The molecule has 1 saturated heterocycles. The average Bonchev–Trinajstić information content (AvgIpc) is 2.97. The fourth-order valence-corrected chi connectivity index (χ4v) is 2.87. The fraction of sp³-hybridized carbons (Fsp3) is 0.500. The highest BCUT2D eigenvalue weighted by atomic mass is 32.1. The van der Waals surface area contributed by atoms with E-state index in [0.717, 1.165) is 4.88 Å². The number of carbonyl (C=O) groups is 2. The number of amides is 1. The van der Waals surface area contributed by atoms with Gasteiger partial charge < -0.3 is 10.0 Å². The predicted octanol–water partition coefficient (Wildman–Crippen LogP) is 1.78. The first kappa shape index (κ1) is 12.1. The van der Waals surface area contributed by atoms with Crippen LogP contribution in [0, 0.1) is 5.92 Å². The van der Waals surface area contributed by atoms with Crippen molar-refractivity contribution in [3.05, 3.63) is 22.4 Å². The lowest BCUT2D eigenvalue weighted by Gasteiger charge is -2.19. The predicted molar refractivity (Wildman–Crippen MR) is 65.1 cm³/mol. The molecule has 0 aromatic carbocycles. The number of carbonyl (C=O) groups excluding carboxylic acids is 1. The van der Waals surface area contributed by atoms with E-state index in [-0.39, 0.29) is 11.8 Å². The Kier molecular flexibility index (Phi) is 3.47. The van der Waals surface area contributed by atoms with E-state index in [9.17, 15) is 9.59 Å². The van der Waals surface area contributed by atoms with Crippen LogP contribution in [0.1, 0.15) is 24.1 Å². The van der Waals surface area contributed by atoms with Crippen molar-refractivity contribution in [2.75, 3.05) is 13.1 Å². The number of carboxylic acid groups (broad SMARTS) is 1. The van der Waals surface area contributed by atoms with Gasteiger partial charge in [0.1, 0.15) is 0 Å². The molecule has 92 valence electrons. The van der Waals surface area contributed by atoms with Gasteiger partial charge in [0, 0.05) is 18.0 Å². The van der Waals surface area contributed by atoms with E-state index in [4.69, 9.17) is 5.11 Å². The van der Waals surface area contributed by atoms with E-state index in [0.29, 0.717) is 19.5 Å². The average molecular weight is 253 g/mol. The number of nitrogens with zero attached hydrogens (tertiary/aromatic N) is 1. The van der Waals surface area contributed by atoms with Crippen LogP contribution in [0.5, 0.6) is 0 Å². The van der Waals surface area contributed by atoms with Crippen molar-refractivity contribution >= 4 is 23.2 Å². The maximum atomic E-state index is 12.2. The largest absolute Gasteiger partial charge is 0.481 e. The Morgan fingerprint density at radius 1 is 1.59 bits per heavy atom. The van der Waals surface area contributed by atoms with E-state index in [2.05, 4.69) is 0 Å². The highest BCUT2D eigenvalue weighted by molar-refractivity contribution is 7.10. The molecule has 2 rings (SSSR count). The molecule has 2 atom stereocenters. The first-order valence-corrected chi connectivity index (χ1v) is 6.52. The van der Waals surface area contributed by atoms with Gasteiger partial charge in [0.2, 0.25) is 5.91 Å². The second-order valence-electron chi connectivity index (χ2n) is 4.35. The van der Waals surface area contributed by atoms with Crippen LogP contribution in [0.2, 0.25) is 0 Å². The number of carboxylic acids is 1. The topological polar surface area (TPSA) is 57.6 Å². The molecule has 5 heteroatoms. The minimum absolute atomic E-state index is 0.0381.